The zero-order valence-electron chi connectivity index (χ0n) is 23.4. The third-order valence-corrected chi connectivity index (χ3v) is 7.29. The lowest BCUT2D eigenvalue weighted by Gasteiger charge is -2.38. The molecule has 2 heterocycles. The fourth-order valence-corrected chi connectivity index (χ4v) is 5.36. The second-order valence-corrected chi connectivity index (χ2v) is 11.4. The minimum absolute atomic E-state index is 0.245. The number of rotatable bonds is 8. The minimum Gasteiger partial charge on any atom is -0.492 e. The number of likely N-dealkylation sites (tertiary alicyclic amines) is 1. The van der Waals surface area contributed by atoms with E-state index in [1.165, 1.54) is 31.5 Å². The van der Waals surface area contributed by atoms with Crippen LogP contribution in [0.5, 0.6) is 11.5 Å². The van der Waals surface area contributed by atoms with Gasteiger partial charge in [0.1, 0.15) is 30.3 Å². The molecule has 2 aliphatic rings. The van der Waals surface area contributed by atoms with E-state index in [0.29, 0.717) is 19.8 Å². The van der Waals surface area contributed by atoms with E-state index >= 15 is 0 Å². The number of carbonyl (C=O) groups excluding carboxylic acids is 1. The van der Waals surface area contributed by atoms with Crippen molar-refractivity contribution in [3.63, 3.8) is 0 Å². The van der Waals surface area contributed by atoms with Crippen molar-refractivity contribution in [2.45, 2.75) is 58.3 Å². The van der Waals surface area contributed by atoms with Crippen molar-refractivity contribution in [3.8, 4) is 11.5 Å². The Morgan fingerprint density at radius 3 is 2.31 bits per heavy atom. The number of amides is 1. The molecular formula is C33H40N2O4. The maximum atomic E-state index is 13.3. The fraction of sp³-hybridized carbons (Fsp3) is 0.424. The number of ether oxygens (including phenoxy) is 3. The van der Waals surface area contributed by atoms with Gasteiger partial charge in [-0.25, -0.2) is 4.79 Å². The number of fused-ring (bicyclic) bond motifs is 1. The number of hydrogen-bond donors (Lipinski definition) is 0. The molecule has 1 unspecified atom stereocenters. The lowest BCUT2D eigenvalue weighted by atomic mass is 9.88. The highest BCUT2D eigenvalue weighted by Gasteiger charge is 2.35. The average molecular weight is 529 g/mol. The normalized spacial score (nSPS) is 17.5. The predicted octanol–water partition coefficient (Wildman–Crippen LogP) is 6.62. The number of nitrogens with zero attached hydrogens (tertiary/aromatic N) is 2. The summed E-state index contributed by atoms with van der Waals surface area (Å²) >= 11 is 0. The Morgan fingerprint density at radius 2 is 1.59 bits per heavy atom. The number of hydrogen-bond acceptors (Lipinski definition) is 5. The van der Waals surface area contributed by atoms with E-state index in [0.717, 1.165) is 41.2 Å². The van der Waals surface area contributed by atoms with Gasteiger partial charge in [-0.15, -0.1) is 0 Å². The van der Waals surface area contributed by atoms with Crippen LogP contribution in [0.4, 0.5) is 4.79 Å². The van der Waals surface area contributed by atoms with Gasteiger partial charge >= 0.3 is 6.09 Å². The molecule has 0 radical (unpaired) electrons. The van der Waals surface area contributed by atoms with Crippen LogP contribution in [0.25, 0.3) is 0 Å². The van der Waals surface area contributed by atoms with E-state index < -0.39 is 5.60 Å². The van der Waals surface area contributed by atoms with Gasteiger partial charge in [0.15, 0.2) is 0 Å². The summed E-state index contributed by atoms with van der Waals surface area (Å²) in [4.78, 5) is 17.6. The van der Waals surface area contributed by atoms with Crippen LogP contribution in [0.1, 0.15) is 61.9 Å². The van der Waals surface area contributed by atoms with Crippen LogP contribution in [0.2, 0.25) is 0 Å². The van der Waals surface area contributed by atoms with Gasteiger partial charge in [0.05, 0.1) is 6.04 Å². The highest BCUT2D eigenvalue weighted by Crippen LogP contribution is 2.38. The summed E-state index contributed by atoms with van der Waals surface area (Å²) in [7, 11) is 0. The second-order valence-electron chi connectivity index (χ2n) is 11.4. The molecule has 0 spiro atoms. The third kappa shape index (κ3) is 7.12. The Hall–Kier alpha value is -3.51. The maximum Gasteiger partial charge on any atom is 0.411 e. The first kappa shape index (κ1) is 27.1. The van der Waals surface area contributed by atoms with Gasteiger partial charge in [-0.3, -0.25) is 9.80 Å². The van der Waals surface area contributed by atoms with Gasteiger partial charge in [0.25, 0.3) is 0 Å². The lowest BCUT2D eigenvalue weighted by molar-refractivity contribution is 0.0178. The molecule has 6 nitrogen and oxygen atoms in total. The zero-order chi connectivity index (χ0) is 27.2. The molecule has 1 atom stereocenters. The Labute approximate surface area is 232 Å². The van der Waals surface area contributed by atoms with Crippen molar-refractivity contribution in [3.05, 3.63) is 95.1 Å². The van der Waals surface area contributed by atoms with E-state index in [4.69, 9.17) is 14.2 Å². The molecule has 3 aromatic rings. The average Bonchev–Trinajstić information content (AvgIpc) is 3.45. The van der Waals surface area contributed by atoms with Crippen LogP contribution in [-0.2, 0) is 17.8 Å². The van der Waals surface area contributed by atoms with E-state index in [1.807, 2.05) is 62.1 Å². The van der Waals surface area contributed by atoms with Gasteiger partial charge in [-0.1, -0.05) is 48.5 Å². The molecule has 0 bridgehead atoms. The van der Waals surface area contributed by atoms with Gasteiger partial charge in [-0.05, 0) is 99.6 Å². The molecule has 1 saturated heterocycles. The van der Waals surface area contributed by atoms with Gasteiger partial charge in [-0.2, -0.15) is 0 Å². The summed E-state index contributed by atoms with van der Waals surface area (Å²) in [6.45, 7) is 10.8. The van der Waals surface area contributed by atoms with Crippen LogP contribution >= 0.6 is 0 Å². The summed E-state index contributed by atoms with van der Waals surface area (Å²) in [5.74, 6) is 1.69. The van der Waals surface area contributed by atoms with Crippen molar-refractivity contribution >= 4 is 6.09 Å². The van der Waals surface area contributed by atoms with Crippen molar-refractivity contribution in [1.29, 1.82) is 0 Å². The molecule has 1 fully saturated rings. The van der Waals surface area contributed by atoms with Gasteiger partial charge in [0, 0.05) is 13.1 Å². The predicted molar refractivity (Wildman–Crippen MR) is 153 cm³/mol. The van der Waals surface area contributed by atoms with Crippen LogP contribution in [-0.4, -0.2) is 54.3 Å². The first-order valence-electron chi connectivity index (χ1n) is 14.1. The second kappa shape index (κ2) is 12.1. The lowest BCUT2D eigenvalue weighted by Crippen LogP contribution is -2.43. The van der Waals surface area contributed by atoms with E-state index in [-0.39, 0.29) is 12.1 Å². The van der Waals surface area contributed by atoms with E-state index in [9.17, 15) is 4.79 Å². The summed E-state index contributed by atoms with van der Waals surface area (Å²) < 4.78 is 18.0. The molecule has 6 heteroatoms. The Bertz CT molecular complexity index is 1230. The summed E-state index contributed by atoms with van der Waals surface area (Å²) in [5, 5.41) is 0. The first-order chi connectivity index (χ1) is 18.9. The highest BCUT2D eigenvalue weighted by atomic mass is 16.6. The van der Waals surface area contributed by atoms with Crippen LogP contribution < -0.4 is 9.47 Å². The highest BCUT2D eigenvalue weighted by molar-refractivity contribution is 5.70. The van der Waals surface area contributed by atoms with Crippen molar-refractivity contribution < 1.29 is 19.0 Å². The van der Waals surface area contributed by atoms with Crippen molar-refractivity contribution in [2.75, 3.05) is 32.8 Å². The van der Waals surface area contributed by atoms with Gasteiger partial charge < -0.3 is 14.2 Å². The number of carbonyl (C=O) groups is 1. The van der Waals surface area contributed by atoms with Crippen molar-refractivity contribution in [1.82, 2.24) is 9.80 Å². The van der Waals surface area contributed by atoms with Crippen LogP contribution in [0.3, 0.4) is 0 Å². The maximum absolute atomic E-state index is 13.3. The topological polar surface area (TPSA) is 51.2 Å². The SMILES string of the molecule is CC(C)(C)OC(=O)N1CCc2cc(OCc3ccccc3)ccc2C1c1ccc(OCCN2CCCC2)cc1. The Balaban J connectivity index is 1.34. The minimum atomic E-state index is -0.565. The zero-order valence-corrected chi connectivity index (χ0v) is 23.4. The molecule has 5 rings (SSSR count). The molecule has 0 saturated carbocycles. The summed E-state index contributed by atoms with van der Waals surface area (Å²) in [6, 6.07) is 24.3. The Kier molecular flexibility index (Phi) is 8.41. The molecule has 1 amide bonds. The number of benzene rings is 3. The van der Waals surface area contributed by atoms with E-state index in [1.54, 1.807) is 0 Å². The molecule has 0 N–H and O–H groups in total. The molecule has 39 heavy (non-hydrogen) atoms. The first-order valence-corrected chi connectivity index (χ1v) is 14.1. The van der Waals surface area contributed by atoms with Crippen molar-refractivity contribution in [2.24, 2.45) is 0 Å². The fourth-order valence-electron chi connectivity index (χ4n) is 5.36. The molecular weight excluding hydrogens is 488 g/mol. The molecule has 206 valence electrons. The standard InChI is InChI=1S/C33H40N2O4/c1-33(2,3)39-32(36)35-20-17-27-23-29(38-24-25-9-5-4-6-10-25)15-16-30(27)31(35)26-11-13-28(14-12-26)37-22-21-34-18-7-8-19-34/h4-6,9-16,23,31H,7-8,17-22,24H2,1-3H3. The van der Waals surface area contributed by atoms with E-state index in [2.05, 4.69) is 41.3 Å². The smallest absolute Gasteiger partial charge is 0.411 e. The van der Waals surface area contributed by atoms with Crippen LogP contribution in [0, 0.1) is 0 Å². The van der Waals surface area contributed by atoms with Crippen LogP contribution in [0.15, 0.2) is 72.8 Å². The summed E-state index contributed by atoms with van der Waals surface area (Å²) in [5.41, 5.74) is 3.89. The monoisotopic (exact) mass is 528 g/mol. The van der Waals surface area contributed by atoms with Gasteiger partial charge in [0.2, 0.25) is 0 Å². The quantitative estimate of drug-likeness (QED) is 0.329. The molecule has 3 aromatic carbocycles. The molecule has 2 aliphatic heterocycles. The third-order valence-electron chi connectivity index (χ3n) is 7.29. The largest absolute Gasteiger partial charge is 0.492 e. The molecule has 0 aromatic heterocycles. The summed E-state index contributed by atoms with van der Waals surface area (Å²) in [6.07, 6.45) is 3.01. The Morgan fingerprint density at radius 1 is 0.872 bits per heavy atom. The molecule has 0 aliphatic carbocycles.